The van der Waals surface area contributed by atoms with Crippen LogP contribution in [0.25, 0.3) is 11.2 Å². The van der Waals surface area contributed by atoms with Gasteiger partial charge in [0.25, 0.3) is 17.1 Å². The number of aryl methyl sites for hydroxylation is 1. The smallest absolute Gasteiger partial charge is 0.304 e. The van der Waals surface area contributed by atoms with E-state index in [-0.39, 0.29) is 17.3 Å². The maximum Gasteiger partial charge on any atom is 0.304 e. The summed E-state index contributed by atoms with van der Waals surface area (Å²) < 4.78 is 1.63. The number of imidazole rings is 1. The summed E-state index contributed by atoms with van der Waals surface area (Å²) in [6, 6.07) is 0. The van der Waals surface area contributed by atoms with E-state index in [1.54, 1.807) is 37.9 Å². The zero-order chi connectivity index (χ0) is 14.7. The average molecular weight is 275 g/mol. The van der Waals surface area contributed by atoms with Gasteiger partial charge >= 0.3 is 5.56 Å². The molecule has 0 unspecified atom stereocenters. The van der Waals surface area contributed by atoms with Crippen LogP contribution in [0, 0.1) is 0 Å². The Labute approximate surface area is 114 Å². The molecule has 0 spiro atoms. The molecule has 0 aliphatic rings. The number of azo groups is 1. The SMILES string of the molecule is C/C=C(O)\C(=C/C)N=Nc1nc2[nH]c[n+](C)c2c(=O)[nH]1. The molecule has 0 amide bonds. The third-order valence-electron chi connectivity index (χ3n) is 2.69. The van der Waals surface area contributed by atoms with Crippen LogP contribution < -0.4 is 10.1 Å². The Bertz CT molecular complexity index is 781. The molecule has 0 fully saturated rings. The monoisotopic (exact) mass is 275 g/mol. The second kappa shape index (κ2) is 5.47. The van der Waals surface area contributed by atoms with Gasteiger partial charge in [-0.3, -0.25) is 9.78 Å². The minimum atomic E-state index is -0.315. The molecule has 104 valence electrons. The van der Waals surface area contributed by atoms with Gasteiger partial charge in [-0.25, -0.2) is 9.55 Å². The summed E-state index contributed by atoms with van der Waals surface area (Å²) in [4.78, 5) is 21.4. The molecule has 8 nitrogen and oxygen atoms in total. The van der Waals surface area contributed by atoms with Crippen molar-refractivity contribution in [3.63, 3.8) is 0 Å². The van der Waals surface area contributed by atoms with E-state index in [9.17, 15) is 9.90 Å². The number of hydrogen-bond acceptors (Lipinski definition) is 5. The normalized spacial score (nSPS) is 13.6. The quantitative estimate of drug-likeness (QED) is 0.342. The van der Waals surface area contributed by atoms with Crippen LogP contribution in [0.15, 0.2) is 45.0 Å². The molecular formula is C12H15N6O2+. The fraction of sp³-hybridized carbons (Fsp3) is 0.250. The first-order chi connectivity index (χ1) is 9.56. The van der Waals surface area contributed by atoms with Crippen molar-refractivity contribution < 1.29 is 9.67 Å². The molecule has 2 rings (SSSR count). The third kappa shape index (κ3) is 2.48. The van der Waals surface area contributed by atoms with Crippen LogP contribution in [0.5, 0.6) is 0 Å². The van der Waals surface area contributed by atoms with Crippen molar-refractivity contribution in [2.75, 3.05) is 0 Å². The van der Waals surface area contributed by atoms with Crippen LogP contribution >= 0.6 is 0 Å². The number of fused-ring (bicyclic) bond motifs is 1. The van der Waals surface area contributed by atoms with Gasteiger partial charge in [0.2, 0.25) is 6.33 Å². The highest BCUT2D eigenvalue weighted by atomic mass is 16.3. The molecule has 0 aromatic carbocycles. The number of rotatable bonds is 3. The van der Waals surface area contributed by atoms with Gasteiger partial charge in [-0.15, -0.1) is 10.2 Å². The van der Waals surface area contributed by atoms with Crippen LogP contribution in [0.1, 0.15) is 13.8 Å². The molecule has 3 N–H and O–H groups in total. The number of hydrogen-bond donors (Lipinski definition) is 3. The van der Waals surface area contributed by atoms with Crippen LogP contribution in [-0.4, -0.2) is 20.1 Å². The summed E-state index contributed by atoms with van der Waals surface area (Å²) in [5.74, 6) is 0.0687. The van der Waals surface area contributed by atoms with Gasteiger partial charge in [0.15, 0.2) is 0 Å². The standard InChI is InChI=1S/C12H14N6O2/c1-4-7(8(19)5-2)16-17-12-14-10-9(11(20)15-12)18(3)6-13-10/h4-6H,1-3H3,(H2,14,15,19,20)/p+1/b7-4+,8-5+,17-16?. The Morgan fingerprint density at radius 1 is 1.45 bits per heavy atom. The fourth-order valence-electron chi connectivity index (χ4n) is 1.66. The maximum atomic E-state index is 11.9. The molecule has 0 bridgehead atoms. The molecule has 20 heavy (non-hydrogen) atoms. The number of aliphatic hydroxyl groups excluding tert-OH is 1. The highest BCUT2D eigenvalue weighted by molar-refractivity contribution is 5.65. The number of H-pyrrole nitrogens is 2. The minimum Gasteiger partial charge on any atom is -0.506 e. The number of nitrogens with zero attached hydrogens (tertiary/aromatic N) is 4. The first-order valence-electron chi connectivity index (χ1n) is 5.97. The number of allylic oxidation sites excluding steroid dienone is 2. The summed E-state index contributed by atoms with van der Waals surface area (Å²) in [5.41, 5.74) is 0.825. The highest BCUT2D eigenvalue weighted by Crippen LogP contribution is 2.12. The van der Waals surface area contributed by atoms with Crippen LogP contribution in [0.4, 0.5) is 5.95 Å². The summed E-state index contributed by atoms with van der Waals surface area (Å²) in [6.45, 7) is 3.40. The van der Waals surface area contributed by atoms with E-state index in [0.717, 1.165) is 0 Å². The lowest BCUT2D eigenvalue weighted by Crippen LogP contribution is -2.30. The number of aromatic amines is 2. The molecule has 2 heterocycles. The second-order valence-electron chi connectivity index (χ2n) is 4.02. The Balaban J connectivity index is 2.42. The lowest BCUT2D eigenvalue weighted by molar-refractivity contribution is -0.645. The van der Waals surface area contributed by atoms with E-state index in [1.807, 2.05) is 0 Å². The minimum absolute atomic E-state index is 0.00551. The van der Waals surface area contributed by atoms with E-state index < -0.39 is 0 Å². The molecule has 0 saturated carbocycles. The molecule has 8 heteroatoms. The Morgan fingerprint density at radius 2 is 2.20 bits per heavy atom. The van der Waals surface area contributed by atoms with Gasteiger partial charge in [0, 0.05) is 0 Å². The van der Waals surface area contributed by atoms with Crippen LogP contribution in [0.3, 0.4) is 0 Å². The van der Waals surface area contributed by atoms with Crippen molar-refractivity contribution in [1.29, 1.82) is 0 Å². The van der Waals surface area contributed by atoms with Gasteiger partial charge in [0.05, 0.1) is 7.05 Å². The van der Waals surface area contributed by atoms with Gasteiger partial charge in [-0.05, 0) is 19.9 Å². The molecule has 0 aliphatic carbocycles. The summed E-state index contributed by atoms with van der Waals surface area (Å²) in [5, 5.41) is 17.2. The zero-order valence-electron chi connectivity index (χ0n) is 11.4. The summed E-state index contributed by atoms with van der Waals surface area (Å²) >= 11 is 0. The lowest BCUT2D eigenvalue weighted by Gasteiger charge is -1.96. The lowest BCUT2D eigenvalue weighted by atomic mass is 10.3. The Kier molecular flexibility index (Phi) is 3.74. The molecule has 2 aromatic heterocycles. The first-order valence-corrected chi connectivity index (χ1v) is 5.97. The van der Waals surface area contributed by atoms with Gasteiger partial charge in [-0.1, -0.05) is 6.08 Å². The van der Waals surface area contributed by atoms with Crippen molar-refractivity contribution in [2.45, 2.75) is 13.8 Å². The topological polar surface area (TPSA) is 110 Å². The molecular weight excluding hydrogens is 260 g/mol. The van der Waals surface area contributed by atoms with Gasteiger partial charge in [0.1, 0.15) is 11.5 Å². The van der Waals surface area contributed by atoms with Gasteiger partial charge < -0.3 is 5.11 Å². The largest absolute Gasteiger partial charge is 0.506 e. The van der Waals surface area contributed by atoms with E-state index in [0.29, 0.717) is 16.9 Å². The Morgan fingerprint density at radius 3 is 2.85 bits per heavy atom. The van der Waals surface area contributed by atoms with Crippen LogP contribution in [0.2, 0.25) is 0 Å². The first kappa shape index (κ1) is 13.7. The predicted octanol–water partition coefficient (Wildman–Crippen LogP) is 1.52. The van der Waals surface area contributed by atoms with Crippen molar-refractivity contribution in [3.8, 4) is 0 Å². The maximum absolute atomic E-state index is 11.9. The van der Waals surface area contributed by atoms with Crippen molar-refractivity contribution in [3.05, 3.63) is 40.3 Å². The second-order valence-corrected chi connectivity index (χ2v) is 4.02. The van der Waals surface area contributed by atoms with E-state index in [2.05, 4.69) is 25.2 Å². The van der Waals surface area contributed by atoms with Crippen LogP contribution in [-0.2, 0) is 7.05 Å². The molecule has 2 aromatic rings. The summed E-state index contributed by atoms with van der Waals surface area (Å²) in [7, 11) is 1.74. The number of aromatic nitrogens is 4. The molecule has 0 aliphatic heterocycles. The van der Waals surface area contributed by atoms with E-state index in [4.69, 9.17) is 0 Å². The van der Waals surface area contributed by atoms with Gasteiger partial charge in [-0.2, -0.15) is 4.98 Å². The Hall–Kier alpha value is -2.77. The predicted molar refractivity (Wildman–Crippen MR) is 72.5 cm³/mol. The highest BCUT2D eigenvalue weighted by Gasteiger charge is 2.13. The fourth-order valence-corrected chi connectivity index (χ4v) is 1.66. The number of aliphatic hydroxyl groups is 1. The van der Waals surface area contributed by atoms with E-state index in [1.165, 1.54) is 6.08 Å². The van der Waals surface area contributed by atoms with Crippen molar-refractivity contribution in [1.82, 2.24) is 15.0 Å². The average Bonchev–Trinajstić information content (AvgIpc) is 2.81. The zero-order valence-corrected chi connectivity index (χ0v) is 11.4. The number of nitrogens with one attached hydrogen (secondary N) is 2. The molecule has 0 atom stereocenters. The van der Waals surface area contributed by atoms with E-state index >= 15 is 0 Å². The summed E-state index contributed by atoms with van der Waals surface area (Å²) in [6.07, 6.45) is 4.72. The third-order valence-corrected chi connectivity index (χ3v) is 2.69. The van der Waals surface area contributed by atoms with Crippen molar-refractivity contribution in [2.24, 2.45) is 17.3 Å². The molecule has 0 saturated heterocycles. The van der Waals surface area contributed by atoms with Crippen molar-refractivity contribution >= 4 is 17.1 Å². The molecule has 0 radical (unpaired) electrons.